The Morgan fingerprint density at radius 3 is 2.00 bits per heavy atom. The third-order valence-corrected chi connectivity index (χ3v) is 11.5. The molecular formula is C22H29Cl2NO2Si. The van der Waals surface area contributed by atoms with Crippen molar-refractivity contribution in [3.8, 4) is 0 Å². The first-order chi connectivity index (χ1) is 13.3. The van der Waals surface area contributed by atoms with Crippen LogP contribution in [0.5, 0.6) is 0 Å². The van der Waals surface area contributed by atoms with Crippen molar-refractivity contribution in [1.29, 1.82) is 0 Å². The van der Waals surface area contributed by atoms with E-state index in [9.17, 15) is 0 Å². The summed E-state index contributed by atoms with van der Waals surface area (Å²) in [5.41, 5.74) is 6.54. The molecule has 28 heavy (non-hydrogen) atoms. The van der Waals surface area contributed by atoms with Gasteiger partial charge < -0.3 is 14.9 Å². The SMILES string of the molecule is CC(C)(C)[Si](O[C@H]1CO[C@H]([C@H](Cl)CCl)[C@@H]1N)(c1ccccc1)c1ccccc1. The summed E-state index contributed by atoms with van der Waals surface area (Å²) in [6, 6.07) is 20.7. The number of alkyl halides is 2. The van der Waals surface area contributed by atoms with Crippen LogP contribution in [0.15, 0.2) is 60.7 Å². The van der Waals surface area contributed by atoms with Crippen LogP contribution in [-0.2, 0) is 9.16 Å². The van der Waals surface area contributed by atoms with Crippen LogP contribution in [0, 0.1) is 0 Å². The minimum Gasteiger partial charge on any atom is -0.400 e. The lowest BCUT2D eigenvalue weighted by Gasteiger charge is -2.45. The third kappa shape index (κ3) is 4.04. The summed E-state index contributed by atoms with van der Waals surface area (Å²) in [7, 11) is -2.67. The summed E-state index contributed by atoms with van der Waals surface area (Å²) >= 11 is 12.3. The molecule has 0 spiro atoms. The van der Waals surface area contributed by atoms with Crippen LogP contribution >= 0.6 is 23.2 Å². The predicted molar refractivity (Wildman–Crippen MR) is 121 cm³/mol. The average molecular weight is 438 g/mol. The molecule has 0 radical (unpaired) electrons. The molecule has 2 N–H and O–H groups in total. The third-order valence-electron chi connectivity index (χ3n) is 5.51. The molecule has 0 bridgehead atoms. The van der Waals surface area contributed by atoms with Crippen molar-refractivity contribution < 1.29 is 9.16 Å². The summed E-state index contributed by atoms with van der Waals surface area (Å²) < 4.78 is 13.0. The maximum atomic E-state index is 7.06. The fourth-order valence-corrected chi connectivity index (χ4v) is 9.21. The van der Waals surface area contributed by atoms with E-state index in [0.29, 0.717) is 12.5 Å². The van der Waals surface area contributed by atoms with Gasteiger partial charge in [-0.2, -0.15) is 0 Å². The quantitative estimate of drug-likeness (QED) is 0.555. The van der Waals surface area contributed by atoms with Gasteiger partial charge in [0.2, 0.25) is 0 Å². The van der Waals surface area contributed by atoms with Gasteiger partial charge in [-0.25, -0.2) is 0 Å². The van der Waals surface area contributed by atoms with Crippen LogP contribution in [0.2, 0.25) is 5.04 Å². The van der Waals surface area contributed by atoms with Crippen molar-refractivity contribution in [2.75, 3.05) is 12.5 Å². The lowest BCUT2D eigenvalue weighted by atomic mass is 10.1. The Morgan fingerprint density at radius 2 is 1.57 bits per heavy atom. The maximum Gasteiger partial charge on any atom is 0.261 e. The number of nitrogens with two attached hydrogens (primary N) is 1. The highest BCUT2D eigenvalue weighted by atomic mass is 35.5. The second-order valence-corrected chi connectivity index (χ2v) is 13.5. The van der Waals surface area contributed by atoms with E-state index >= 15 is 0 Å². The number of hydrogen-bond acceptors (Lipinski definition) is 3. The van der Waals surface area contributed by atoms with E-state index in [1.54, 1.807) is 0 Å². The van der Waals surface area contributed by atoms with Gasteiger partial charge in [-0.1, -0.05) is 81.4 Å². The normalized spacial score (nSPS) is 24.3. The zero-order valence-electron chi connectivity index (χ0n) is 16.6. The molecule has 1 heterocycles. The molecule has 6 heteroatoms. The fourth-order valence-electron chi connectivity index (χ4n) is 4.10. The van der Waals surface area contributed by atoms with Crippen LogP contribution in [0.25, 0.3) is 0 Å². The largest absolute Gasteiger partial charge is 0.400 e. The van der Waals surface area contributed by atoms with Gasteiger partial charge in [-0.15, -0.1) is 23.2 Å². The number of rotatable bonds is 6. The van der Waals surface area contributed by atoms with Crippen LogP contribution in [0.4, 0.5) is 0 Å². The fraction of sp³-hybridized carbons (Fsp3) is 0.455. The smallest absolute Gasteiger partial charge is 0.261 e. The standard InChI is InChI=1S/C22H29Cl2NO2Si/c1-22(2,3)28(16-10-6-4-7-11-16,17-12-8-5-9-13-17)27-19-15-26-21(20(19)25)18(24)14-23/h4-13,18-21H,14-15,25H2,1-3H3/t18-,19+,20-,21-/m1/s1. The van der Waals surface area contributed by atoms with E-state index in [1.807, 2.05) is 12.1 Å². The zero-order chi connectivity index (χ0) is 20.4. The Kier molecular flexibility index (Phi) is 6.91. The topological polar surface area (TPSA) is 44.5 Å². The van der Waals surface area contributed by atoms with Gasteiger partial charge in [0.05, 0.1) is 30.2 Å². The molecule has 1 saturated heterocycles. The summed E-state index contributed by atoms with van der Waals surface area (Å²) in [6.45, 7) is 7.18. The molecule has 2 aromatic rings. The number of halogens is 2. The van der Waals surface area contributed by atoms with Gasteiger partial charge in [0.1, 0.15) is 0 Å². The number of hydrogen-bond donors (Lipinski definition) is 1. The lowest BCUT2D eigenvalue weighted by Crippen LogP contribution is -2.69. The Morgan fingerprint density at radius 1 is 1.07 bits per heavy atom. The van der Waals surface area contributed by atoms with Crippen molar-refractivity contribution in [1.82, 2.24) is 0 Å². The molecule has 0 amide bonds. The zero-order valence-corrected chi connectivity index (χ0v) is 19.2. The molecule has 1 aliphatic rings. The summed E-state index contributed by atoms with van der Waals surface area (Å²) in [6.07, 6.45) is -0.539. The minimum absolute atomic E-state index is 0.111. The van der Waals surface area contributed by atoms with Gasteiger partial charge in [-0.3, -0.25) is 0 Å². The lowest BCUT2D eigenvalue weighted by molar-refractivity contribution is 0.0913. The number of ether oxygens (including phenoxy) is 1. The summed E-state index contributed by atoms with van der Waals surface area (Å²) in [4.78, 5) is 0. The van der Waals surface area contributed by atoms with E-state index in [0.717, 1.165) is 0 Å². The first-order valence-corrected chi connectivity index (χ1v) is 12.6. The van der Waals surface area contributed by atoms with E-state index in [1.165, 1.54) is 10.4 Å². The molecule has 2 aromatic carbocycles. The molecule has 3 rings (SSSR count). The van der Waals surface area contributed by atoms with Crippen LogP contribution in [0.3, 0.4) is 0 Å². The van der Waals surface area contributed by atoms with Gasteiger partial charge in [-0.05, 0) is 15.4 Å². The summed E-state index contributed by atoms with van der Waals surface area (Å²) in [5, 5.41) is 2.01. The highest BCUT2D eigenvalue weighted by Gasteiger charge is 2.53. The van der Waals surface area contributed by atoms with E-state index in [2.05, 4.69) is 69.3 Å². The molecule has 152 valence electrons. The van der Waals surface area contributed by atoms with Crippen LogP contribution in [0.1, 0.15) is 20.8 Å². The van der Waals surface area contributed by atoms with Gasteiger partial charge in [0.25, 0.3) is 8.32 Å². The predicted octanol–water partition coefficient (Wildman–Crippen LogP) is 3.50. The van der Waals surface area contributed by atoms with Gasteiger partial charge in [0, 0.05) is 5.88 Å². The van der Waals surface area contributed by atoms with Crippen molar-refractivity contribution in [2.24, 2.45) is 5.73 Å². The maximum absolute atomic E-state index is 7.06. The first-order valence-electron chi connectivity index (χ1n) is 9.67. The Labute approximate surface area is 179 Å². The molecule has 1 aliphatic heterocycles. The molecule has 0 unspecified atom stereocenters. The van der Waals surface area contributed by atoms with Crippen molar-refractivity contribution in [3.63, 3.8) is 0 Å². The van der Waals surface area contributed by atoms with Crippen LogP contribution < -0.4 is 16.1 Å². The second kappa shape index (κ2) is 8.86. The first kappa shape index (κ1) is 21.8. The molecule has 0 saturated carbocycles. The van der Waals surface area contributed by atoms with Crippen molar-refractivity contribution in [2.45, 2.75) is 49.4 Å². The summed E-state index contributed by atoms with van der Waals surface area (Å²) in [5.74, 6) is 0.297. The van der Waals surface area contributed by atoms with E-state index in [-0.39, 0.29) is 28.7 Å². The van der Waals surface area contributed by atoms with Crippen molar-refractivity contribution >= 4 is 41.9 Å². The highest BCUT2D eigenvalue weighted by Crippen LogP contribution is 2.39. The Hall–Kier alpha value is -0.883. The van der Waals surface area contributed by atoms with Crippen molar-refractivity contribution in [3.05, 3.63) is 60.7 Å². The molecule has 3 nitrogen and oxygen atoms in total. The monoisotopic (exact) mass is 437 g/mol. The molecular weight excluding hydrogens is 409 g/mol. The number of benzene rings is 2. The molecule has 0 aliphatic carbocycles. The highest BCUT2D eigenvalue weighted by molar-refractivity contribution is 6.99. The van der Waals surface area contributed by atoms with Gasteiger partial charge in [0.15, 0.2) is 0 Å². The van der Waals surface area contributed by atoms with Gasteiger partial charge >= 0.3 is 0 Å². The molecule has 4 atom stereocenters. The average Bonchev–Trinajstić information content (AvgIpc) is 3.06. The minimum atomic E-state index is -2.67. The van der Waals surface area contributed by atoms with E-state index < -0.39 is 8.32 Å². The Bertz CT molecular complexity index is 715. The molecule has 0 aromatic heterocycles. The second-order valence-electron chi connectivity index (χ2n) is 8.37. The molecule has 1 fully saturated rings. The Balaban J connectivity index is 2.07. The van der Waals surface area contributed by atoms with Crippen LogP contribution in [-0.4, -0.2) is 44.4 Å². The van der Waals surface area contributed by atoms with E-state index in [4.69, 9.17) is 38.1 Å².